The first-order valence-electron chi connectivity index (χ1n) is 7.97. The van der Waals surface area contributed by atoms with Gasteiger partial charge in [0.25, 0.3) is 0 Å². The Morgan fingerprint density at radius 2 is 2.00 bits per heavy atom. The van der Waals surface area contributed by atoms with Gasteiger partial charge in [-0.3, -0.25) is 4.68 Å². The summed E-state index contributed by atoms with van der Waals surface area (Å²) in [5.74, 6) is 0. The molecule has 1 atom stereocenters. The predicted octanol–water partition coefficient (Wildman–Crippen LogP) is 2.93. The molecule has 0 aliphatic heterocycles. The topological polar surface area (TPSA) is 39.1 Å². The summed E-state index contributed by atoms with van der Waals surface area (Å²) in [6, 6.07) is 2.49. The number of nitrogens with zero attached hydrogens (tertiary/aromatic N) is 2. The van der Waals surface area contributed by atoms with E-state index in [2.05, 4.69) is 44.2 Å². The molecule has 0 fully saturated rings. The molecule has 4 heteroatoms. The Labute approximate surface area is 123 Å². The van der Waals surface area contributed by atoms with Gasteiger partial charge in [0.15, 0.2) is 0 Å². The predicted molar refractivity (Wildman–Crippen MR) is 83.9 cm³/mol. The van der Waals surface area contributed by atoms with Crippen LogP contribution >= 0.6 is 0 Å². The number of likely N-dealkylation sites (N-methyl/N-ethyl adjacent to an activating group) is 1. The molecule has 0 aliphatic carbocycles. The molecule has 1 aromatic rings. The van der Waals surface area contributed by atoms with E-state index in [1.54, 1.807) is 0 Å². The Morgan fingerprint density at radius 3 is 2.45 bits per heavy atom. The maximum absolute atomic E-state index is 6.16. The number of nitrogens with one attached hydrogen (secondary N) is 1. The molecule has 1 rings (SSSR count). The monoisotopic (exact) mass is 281 g/mol. The number of rotatable bonds is 10. The van der Waals surface area contributed by atoms with Gasteiger partial charge < -0.3 is 10.1 Å². The smallest absolute Gasteiger partial charge is 0.0829 e. The third kappa shape index (κ3) is 4.06. The molecule has 0 radical (unpaired) electrons. The third-order valence-electron chi connectivity index (χ3n) is 4.33. The molecule has 0 amide bonds. The minimum absolute atomic E-state index is 0.0522. The highest BCUT2D eigenvalue weighted by molar-refractivity contribution is 5.02. The molecule has 1 aromatic heterocycles. The first-order chi connectivity index (χ1) is 9.63. The van der Waals surface area contributed by atoms with Crippen LogP contribution in [0.3, 0.4) is 0 Å². The van der Waals surface area contributed by atoms with Crippen molar-refractivity contribution in [3.63, 3.8) is 0 Å². The number of ether oxygens (including phenoxy) is 1. The standard InChI is InChI=1S/C16H31N3O/c1-6-16(7-2,20-9-4)15(17-8-3)11-10-14-12-13-18-19(14)5/h12-13,15,17H,6-11H2,1-5H3. The van der Waals surface area contributed by atoms with Gasteiger partial charge in [0.1, 0.15) is 0 Å². The van der Waals surface area contributed by atoms with Gasteiger partial charge in [-0.15, -0.1) is 0 Å². The molecule has 4 nitrogen and oxygen atoms in total. The molecule has 0 saturated carbocycles. The van der Waals surface area contributed by atoms with Crippen molar-refractivity contribution in [2.45, 2.75) is 65.0 Å². The maximum Gasteiger partial charge on any atom is 0.0829 e. The Balaban J connectivity index is 2.77. The van der Waals surface area contributed by atoms with Gasteiger partial charge >= 0.3 is 0 Å². The molecule has 0 spiro atoms. The van der Waals surface area contributed by atoms with Crippen molar-refractivity contribution in [1.82, 2.24) is 15.1 Å². The van der Waals surface area contributed by atoms with Gasteiger partial charge in [-0.05, 0) is 45.2 Å². The lowest BCUT2D eigenvalue weighted by Gasteiger charge is -2.40. The quantitative estimate of drug-likeness (QED) is 0.716. The van der Waals surface area contributed by atoms with Crippen molar-refractivity contribution in [3.8, 4) is 0 Å². The summed E-state index contributed by atoms with van der Waals surface area (Å²) in [6.45, 7) is 10.5. The van der Waals surface area contributed by atoms with Gasteiger partial charge in [-0.2, -0.15) is 5.10 Å². The minimum Gasteiger partial charge on any atom is -0.374 e. The van der Waals surface area contributed by atoms with E-state index in [0.717, 1.165) is 38.8 Å². The summed E-state index contributed by atoms with van der Waals surface area (Å²) < 4.78 is 8.12. The summed E-state index contributed by atoms with van der Waals surface area (Å²) in [5, 5.41) is 7.88. The van der Waals surface area contributed by atoms with Gasteiger partial charge in [-0.1, -0.05) is 20.8 Å². The van der Waals surface area contributed by atoms with Crippen molar-refractivity contribution < 1.29 is 4.74 Å². The largest absolute Gasteiger partial charge is 0.374 e. The van der Waals surface area contributed by atoms with Gasteiger partial charge in [-0.25, -0.2) is 0 Å². The molecule has 1 heterocycles. The molecule has 20 heavy (non-hydrogen) atoms. The molecule has 0 aliphatic rings. The zero-order valence-electron chi connectivity index (χ0n) is 13.8. The fraction of sp³-hybridized carbons (Fsp3) is 0.812. The van der Waals surface area contributed by atoms with Crippen LogP contribution in [0.25, 0.3) is 0 Å². The second kappa shape index (κ2) is 8.42. The lowest BCUT2D eigenvalue weighted by molar-refractivity contribution is -0.0734. The molecular formula is C16H31N3O. The van der Waals surface area contributed by atoms with Crippen LogP contribution in [0, 0.1) is 0 Å². The van der Waals surface area contributed by atoms with E-state index in [9.17, 15) is 0 Å². The zero-order valence-corrected chi connectivity index (χ0v) is 13.8. The fourth-order valence-corrected chi connectivity index (χ4v) is 3.07. The highest BCUT2D eigenvalue weighted by atomic mass is 16.5. The van der Waals surface area contributed by atoms with E-state index in [1.807, 2.05) is 17.9 Å². The molecule has 0 aromatic carbocycles. The van der Waals surface area contributed by atoms with Crippen LogP contribution < -0.4 is 5.32 Å². The van der Waals surface area contributed by atoms with E-state index >= 15 is 0 Å². The average Bonchev–Trinajstić information content (AvgIpc) is 2.86. The maximum atomic E-state index is 6.16. The highest BCUT2D eigenvalue weighted by Crippen LogP contribution is 2.28. The second-order valence-electron chi connectivity index (χ2n) is 5.30. The van der Waals surface area contributed by atoms with Crippen LogP contribution in [-0.4, -0.2) is 34.6 Å². The Hall–Kier alpha value is -0.870. The van der Waals surface area contributed by atoms with E-state index in [0.29, 0.717) is 6.04 Å². The van der Waals surface area contributed by atoms with Crippen LogP contribution in [-0.2, 0) is 18.2 Å². The number of hydrogen-bond donors (Lipinski definition) is 1. The average molecular weight is 281 g/mol. The molecular weight excluding hydrogens is 250 g/mol. The first kappa shape index (κ1) is 17.2. The second-order valence-corrected chi connectivity index (χ2v) is 5.30. The Kier molecular flexibility index (Phi) is 7.24. The molecule has 0 bridgehead atoms. The fourth-order valence-electron chi connectivity index (χ4n) is 3.07. The van der Waals surface area contributed by atoms with E-state index < -0.39 is 0 Å². The number of aromatic nitrogens is 2. The van der Waals surface area contributed by atoms with Crippen LogP contribution in [0.1, 0.15) is 52.7 Å². The van der Waals surface area contributed by atoms with Gasteiger partial charge in [0, 0.05) is 31.6 Å². The van der Waals surface area contributed by atoms with Crippen molar-refractivity contribution >= 4 is 0 Å². The highest BCUT2D eigenvalue weighted by Gasteiger charge is 2.35. The molecule has 1 unspecified atom stereocenters. The van der Waals surface area contributed by atoms with Crippen LogP contribution in [0.4, 0.5) is 0 Å². The van der Waals surface area contributed by atoms with E-state index in [-0.39, 0.29) is 5.60 Å². The molecule has 1 N–H and O–H groups in total. The SMILES string of the molecule is CCNC(CCc1ccnn1C)C(CC)(CC)OCC. The Morgan fingerprint density at radius 1 is 1.30 bits per heavy atom. The van der Waals surface area contributed by atoms with Crippen molar-refractivity contribution in [1.29, 1.82) is 0 Å². The van der Waals surface area contributed by atoms with Crippen molar-refractivity contribution in [2.24, 2.45) is 7.05 Å². The first-order valence-corrected chi connectivity index (χ1v) is 7.97. The van der Waals surface area contributed by atoms with Crippen molar-refractivity contribution in [2.75, 3.05) is 13.2 Å². The molecule has 0 saturated heterocycles. The zero-order chi connectivity index (χ0) is 15.0. The lowest BCUT2D eigenvalue weighted by Crippen LogP contribution is -2.52. The molecule has 116 valence electrons. The summed E-state index contributed by atoms with van der Waals surface area (Å²) in [4.78, 5) is 0. The van der Waals surface area contributed by atoms with Crippen LogP contribution in [0.15, 0.2) is 12.3 Å². The van der Waals surface area contributed by atoms with E-state index in [4.69, 9.17) is 4.74 Å². The number of aryl methyl sites for hydroxylation is 2. The normalized spacial score (nSPS) is 13.7. The lowest BCUT2D eigenvalue weighted by atomic mass is 9.85. The van der Waals surface area contributed by atoms with Crippen LogP contribution in [0.2, 0.25) is 0 Å². The van der Waals surface area contributed by atoms with Gasteiger partial charge in [0.05, 0.1) is 5.60 Å². The van der Waals surface area contributed by atoms with Crippen molar-refractivity contribution in [3.05, 3.63) is 18.0 Å². The van der Waals surface area contributed by atoms with Crippen LogP contribution in [0.5, 0.6) is 0 Å². The minimum atomic E-state index is -0.0522. The third-order valence-corrected chi connectivity index (χ3v) is 4.33. The van der Waals surface area contributed by atoms with Gasteiger partial charge in [0.2, 0.25) is 0 Å². The van der Waals surface area contributed by atoms with E-state index in [1.165, 1.54) is 5.69 Å². The summed E-state index contributed by atoms with van der Waals surface area (Å²) in [7, 11) is 2.01. The Bertz CT molecular complexity index is 372. The number of hydrogen-bond acceptors (Lipinski definition) is 3. The summed E-state index contributed by atoms with van der Waals surface area (Å²) >= 11 is 0. The summed E-state index contributed by atoms with van der Waals surface area (Å²) in [5.41, 5.74) is 1.23. The summed E-state index contributed by atoms with van der Waals surface area (Å²) in [6.07, 6.45) is 6.06.